The van der Waals surface area contributed by atoms with Crippen molar-refractivity contribution >= 4 is 43.6 Å². The second-order valence-corrected chi connectivity index (χ2v) is 16.7. The summed E-state index contributed by atoms with van der Waals surface area (Å²) in [5.74, 6) is 4.19. The van der Waals surface area contributed by atoms with E-state index in [-0.39, 0.29) is 5.41 Å². The standard InChI is InChI=1S/C50H38N4/c1-4-10-43-37(7-1)38-16-15-36(28-44(38)50(43)34-22-30-21-31(24-34)25-35(50)23-30)53-45-11-5-2-8-39(45)41-26-32(13-17-47(41)53)33-14-18-48-42(27-33)40-9-3-6-12-46(40)54(48)49-29-51-19-20-52-49/h1-20,26-31,34-35H,21-25H2. The van der Waals surface area contributed by atoms with Crippen LogP contribution < -0.4 is 0 Å². The van der Waals surface area contributed by atoms with Crippen molar-refractivity contribution in [3.8, 4) is 33.8 Å². The van der Waals surface area contributed by atoms with E-state index in [1.54, 1.807) is 23.5 Å². The van der Waals surface area contributed by atoms with Crippen molar-refractivity contribution in [1.82, 2.24) is 19.1 Å². The number of benzene rings is 6. The van der Waals surface area contributed by atoms with E-state index in [9.17, 15) is 0 Å². The molecule has 0 radical (unpaired) electrons. The minimum Gasteiger partial charge on any atom is -0.309 e. The number of aromatic nitrogens is 4. The Labute approximate surface area is 313 Å². The summed E-state index contributed by atoms with van der Waals surface area (Å²) < 4.78 is 4.76. The highest BCUT2D eigenvalue weighted by Crippen LogP contribution is 2.69. The lowest BCUT2D eigenvalue weighted by Crippen LogP contribution is -2.55. The third-order valence-corrected chi connectivity index (χ3v) is 14.3. The molecule has 0 aliphatic heterocycles. The zero-order chi connectivity index (χ0) is 35.1. The highest BCUT2D eigenvalue weighted by atomic mass is 15.1. The normalized spacial score (nSPS) is 23.6. The average Bonchev–Trinajstić information content (AvgIpc) is 3.83. The minimum atomic E-state index is 0.149. The van der Waals surface area contributed by atoms with Crippen LogP contribution in [0.15, 0.2) is 146 Å². The van der Waals surface area contributed by atoms with Crippen LogP contribution in [-0.4, -0.2) is 19.1 Å². The summed E-state index contributed by atoms with van der Waals surface area (Å²) >= 11 is 0. The lowest BCUT2D eigenvalue weighted by Gasteiger charge is -2.61. The first-order valence-corrected chi connectivity index (χ1v) is 19.8. The molecule has 258 valence electrons. The molecule has 0 atom stereocenters. The SMILES string of the molecule is c1ccc2c(c1)-c1ccc(-n3c4ccccc4c4cc(-c5ccc6c(c5)c5ccccc5n6-c5cnccn5)ccc43)cc1C21C2CC3CC(C2)CC1C3. The van der Waals surface area contributed by atoms with Gasteiger partial charge in [-0.2, -0.15) is 0 Å². The van der Waals surface area contributed by atoms with Crippen LogP contribution in [0.25, 0.3) is 77.4 Å². The maximum Gasteiger partial charge on any atom is 0.156 e. The Morgan fingerprint density at radius 2 is 1.07 bits per heavy atom. The fourth-order valence-corrected chi connectivity index (χ4v) is 12.5. The summed E-state index contributed by atoms with van der Waals surface area (Å²) in [5, 5.41) is 5.02. The smallest absolute Gasteiger partial charge is 0.156 e. The zero-order valence-electron chi connectivity index (χ0n) is 30.0. The molecule has 0 amide bonds. The van der Waals surface area contributed by atoms with Crippen molar-refractivity contribution in [3.63, 3.8) is 0 Å². The number of rotatable bonds is 3. The van der Waals surface area contributed by atoms with Gasteiger partial charge in [0.1, 0.15) is 0 Å². The molecule has 0 N–H and O–H groups in total. The van der Waals surface area contributed by atoms with E-state index >= 15 is 0 Å². The van der Waals surface area contributed by atoms with Crippen molar-refractivity contribution in [2.75, 3.05) is 0 Å². The number of fused-ring (bicyclic) bond motifs is 9. The van der Waals surface area contributed by atoms with Crippen LogP contribution >= 0.6 is 0 Å². The molecule has 4 saturated carbocycles. The molecule has 3 heterocycles. The minimum absolute atomic E-state index is 0.149. The van der Waals surface area contributed by atoms with Crippen molar-refractivity contribution in [3.05, 3.63) is 157 Å². The largest absolute Gasteiger partial charge is 0.309 e. The molecule has 0 unspecified atom stereocenters. The molecule has 1 spiro atoms. The van der Waals surface area contributed by atoms with Gasteiger partial charge in [-0.1, -0.05) is 78.9 Å². The Kier molecular flexibility index (Phi) is 5.77. The van der Waals surface area contributed by atoms with Crippen molar-refractivity contribution in [2.45, 2.75) is 37.5 Å². The lowest BCUT2D eigenvalue weighted by atomic mass is 9.43. The maximum atomic E-state index is 4.66. The highest BCUT2D eigenvalue weighted by Gasteiger charge is 2.61. The van der Waals surface area contributed by atoms with E-state index in [0.717, 1.165) is 40.5 Å². The van der Waals surface area contributed by atoms with Crippen LogP contribution in [0.4, 0.5) is 0 Å². The second kappa shape index (κ2) is 10.6. The Morgan fingerprint density at radius 1 is 0.481 bits per heavy atom. The van der Waals surface area contributed by atoms with Gasteiger partial charge in [-0.05, 0) is 138 Å². The molecule has 14 rings (SSSR count). The van der Waals surface area contributed by atoms with Crippen LogP contribution in [0, 0.1) is 23.7 Å². The van der Waals surface area contributed by atoms with Crippen LogP contribution in [0.2, 0.25) is 0 Å². The fraction of sp³-hybridized carbons (Fsp3) is 0.200. The van der Waals surface area contributed by atoms with Crippen molar-refractivity contribution < 1.29 is 0 Å². The molecule has 4 bridgehead atoms. The Morgan fingerprint density at radius 3 is 1.76 bits per heavy atom. The molecular weight excluding hydrogens is 657 g/mol. The summed E-state index contributed by atoms with van der Waals surface area (Å²) in [6, 6.07) is 48.5. The van der Waals surface area contributed by atoms with Gasteiger partial charge >= 0.3 is 0 Å². The summed E-state index contributed by atoms with van der Waals surface area (Å²) in [5.41, 5.74) is 14.8. The average molecular weight is 695 g/mol. The predicted molar refractivity (Wildman–Crippen MR) is 219 cm³/mol. The molecule has 4 fully saturated rings. The summed E-state index contributed by atoms with van der Waals surface area (Å²) in [7, 11) is 0. The van der Waals surface area contributed by atoms with Gasteiger partial charge in [0.15, 0.2) is 5.82 Å². The van der Waals surface area contributed by atoms with E-state index in [0.29, 0.717) is 0 Å². The van der Waals surface area contributed by atoms with Gasteiger partial charge in [0.05, 0.1) is 28.3 Å². The topological polar surface area (TPSA) is 35.6 Å². The van der Waals surface area contributed by atoms with Crippen molar-refractivity contribution in [2.24, 2.45) is 23.7 Å². The summed E-state index contributed by atoms with van der Waals surface area (Å²) in [4.78, 5) is 9.04. The first-order valence-electron chi connectivity index (χ1n) is 19.8. The molecule has 9 aromatic rings. The van der Waals surface area contributed by atoms with Gasteiger partial charge in [0.25, 0.3) is 0 Å². The van der Waals surface area contributed by atoms with Gasteiger partial charge in [-0.15, -0.1) is 0 Å². The Bertz CT molecular complexity index is 2990. The second-order valence-electron chi connectivity index (χ2n) is 16.7. The van der Waals surface area contributed by atoms with Crippen LogP contribution in [0.3, 0.4) is 0 Å². The van der Waals surface area contributed by atoms with E-state index in [4.69, 9.17) is 0 Å². The van der Waals surface area contributed by atoms with Gasteiger partial charge in [0, 0.05) is 45.0 Å². The molecule has 0 saturated heterocycles. The van der Waals surface area contributed by atoms with E-state index < -0.39 is 0 Å². The van der Waals surface area contributed by atoms with Gasteiger partial charge in [-0.3, -0.25) is 9.55 Å². The fourth-order valence-electron chi connectivity index (χ4n) is 12.5. The van der Waals surface area contributed by atoms with E-state index in [1.807, 2.05) is 6.20 Å². The van der Waals surface area contributed by atoms with Crippen LogP contribution in [0.1, 0.15) is 43.2 Å². The van der Waals surface area contributed by atoms with Gasteiger partial charge < -0.3 is 4.57 Å². The Balaban J connectivity index is 0.987. The number of nitrogens with zero attached hydrogens (tertiary/aromatic N) is 4. The quantitative estimate of drug-likeness (QED) is 0.185. The third kappa shape index (κ3) is 3.73. The maximum absolute atomic E-state index is 4.66. The van der Waals surface area contributed by atoms with Crippen LogP contribution in [-0.2, 0) is 5.41 Å². The first-order chi connectivity index (χ1) is 26.7. The van der Waals surface area contributed by atoms with E-state index in [2.05, 4.69) is 146 Å². The highest BCUT2D eigenvalue weighted by molar-refractivity contribution is 6.12. The molecule has 5 aliphatic rings. The molecule has 6 aromatic carbocycles. The first kappa shape index (κ1) is 29.5. The third-order valence-electron chi connectivity index (χ3n) is 14.3. The van der Waals surface area contributed by atoms with Gasteiger partial charge in [-0.25, -0.2) is 4.98 Å². The molecule has 5 aliphatic carbocycles. The van der Waals surface area contributed by atoms with Crippen LogP contribution in [0.5, 0.6) is 0 Å². The molecule has 4 heteroatoms. The number of hydrogen-bond acceptors (Lipinski definition) is 2. The predicted octanol–water partition coefficient (Wildman–Crippen LogP) is 12.1. The molecule has 54 heavy (non-hydrogen) atoms. The Hall–Kier alpha value is -6.00. The lowest BCUT2D eigenvalue weighted by molar-refractivity contribution is -0.0399. The summed E-state index contributed by atoms with van der Waals surface area (Å²) in [6.07, 6.45) is 12.4. The van der Waals surface area contributed by atoms with Gasteiger partial charge in [0.2, 0.25) is 0 Å². The molecule has 4 nitrogen and oxygen atoms in total. The molecule has 3 aromatic heterocycles. The molecular formula is C50H38N4. The van der Waals surface area contributed by atoms with E-state index in [1.165, 1.54) is 92.6 Å². The monoisotopic (exact) mass is 694 g/mol. The number of hydrogen-bond donors (Lipinski definition) is 0. The zero-order valence-corrected chi connectivity index (χ0v) is 30.0. The number of para-hydroxylation sites is 2. The van der Waals surface area contributed by atoms with Crippen molar-refractivity contribution in [1.29, 1.82) is 0 Å². The summed E-state index contributed by atoms with van der Waals surface area (Å²) in [6.45, 7) is 0.